The highest BCUT2D eigenvalue weighted by Crippen LogP contribution is 2.32. The molecule has 1 heterocycles. The quantitative estimate of drug-likeness (QED) is 0.509. The van der Waals surface area contributed by atoms with E-state index in [2.05, 4.69) is 23.6 Å². The van der Waals surface area contributed by atoms with E-state index in [0.717, 1.165) is 41.3 Å². The van der Waals surface area contributed by atoms with Gasteiger partial charge in [0.25, 0.3) is 5.91 Å². The van der Waals surface area contributed by atoms with Crippen LogP contribution in [0.4, 0.5) is 10.8 Å². The van der Waals surface area contributed by atoms with Gasteiger partial charge in [-0.2, -0.15) is 0 Å². The summed E-state index contributed by atoms with van der Waals surface area (Å²) in [4.78, 5) is 24.3. The van der Waals surface area contributed by atoms with Gasteiger partial charge in [0.05, 0.1) is 17.3 Å². The maximum atomic E-state index is 13.4. The third-order valence-corrected chi connectivity index (χ3v) is 6.13. The minimum absolute atomic E-state index is 0.0334. The van der Waals surface area contributed by atoms with Crippen LogP contribution < -0.4 is 14.5 Å². The molecule has 0 aliphatic heterocycles. The topological polar surface area (TPSA) is 48.9 Å². The first-order chi connectivity index (χ1) is 14.5. The van der Waals surface area contributed by atoms with Crippen LogP contribution in [-0.4, -0.2) is 63.2 Å². The van der Waals surface area contributed by atoms with E-state index in [1.54, 1.807) is 12.0 Å². The van der Waals surface area contributed by atoms with Crippen molar-refractivity contribution in [2.75, 3.05) is 57.2 Å². The fraction of sp³-hybridized carbons (Fsp3) is 0.391. The first-order valence-electron chi connectivity index (χ1n) is 10.2. The smallest absolute Gasteiger partial charge is 0.260 e. The summed E-state index contributed by atoms with van der Waals surface area (Å²) in [6.45, 7) is 7.46. The highest BCUT2D eigenvalue weighted by molar-refractivity contribution is 7.22. The first kappa shape index (κ1) is 22.1. The van der Waals surface area contributed by atoms with Crippen LogP contribution in [0.15, 0.2) is 42.5 Å². The molecular formula is C23H30N4O2S. The van der Waals surface area contributed by atoms with Crippen molar-refractivity contribution in [2.24, 2.45) is 0 Å². The van der Waals surface area contributed by atoms with Crippen LogP contribution in [0, 0.1) is 0 Å². The molecule has 0 bridgehead atoms. The van der Waals surface area contributed by atoms with Gasteiger partial charge >= 0.3 is 0 Å². The molecule has 3 aromatic rings. The van der Waals surface area contributed by atoms with Gasteiger partial charge in [0.15, 0.2) is 5.13 Å². The molecule has 0 atom stereocenters. The molecule has 160 valence electrons. The summed E-state index contributed by atoms with van der Waals surface area (Å²) < 4.78 is 6.34. The third kappa shape index (κ3) is 4.91. The monoisotopic (exact) mass is 426 g/mol. The van der Waals surface area contributed by atoms with Crippen LogP contribution in [-0.2, 0) is 0 Å². The molecule has 0 unspecified atom stereocenters. The van der Waals surface area contributed by atoms with Crippen LogP contribution in [0.25, 0.3) is 10.2 Å². The van der Waals surface area contributed by atoms with Crippen LogP contribution in [0.3, 0.4) is 0 Å². The second-order valence-electron chi connectivity index (χ2n) is 7.31. The van der Waals surface area contributed by atoms with E-state index in [4.69, 9.17) is 9.72 Å². The summed E-state index contributed by atoms with van der Waals surface area (Å²) in [5.41, 5.74) is 2.64. The minimum atomic E-state index is -0.0334. The number of likely N-dealkylation sites (N-methyl/N-ethyl adjacent to an activating group) is 1. The highest BCUT2D eigenvalue weighted by Gasteiger charge is 2.22. The Bertz CT molecular complexity index is 981. The SMILES string of the molecule is CCN(CC)c1ccc(C(=O)N(CCN(C)C)c2nc3cc(OC)ccc3s2)cc1. The van der Waals surface area contributed by atoms with E-state index in [-0.39, 0.29) is 5.91 Å². The molecule has 0 radical (unpaired) electrons. The molecular weight excluding hydrogens is 396 g/mol. The Balaban J connectivity index is 1.92. The Morgan fingerprint density at radius 3 is 2.33 bits per heavy atom. The zero-order valence-electron chi connectivity index (χ0n) is 18.4. The van der Waals surface area contributed by atoms with Crippen LogP contribution >= 0.6 is 11.3 Å². The maximum absolute atomic E-state index is 13.4. The Morgan fingerprint density at radius 1 is 1.03 bits per heavy atom. The van der Waals surface area contributed by atoms with E-state index in [0.29, 0.717) is 17.2 Å². The van der Waals surface area contributed by atoms with Crippen molar-refractivity contribution in [2.45, 2.75) is 13.8 Å². The fourth-order valence-corrected chi connectivity index (χ4v) is 4.25. The Hall–Kier alpha value is -2.64. The minimum Gasteiger partial charge on any atom is -0.497 e. The van der Waals surface area contributed by atoms with Crippen molar-refractivity contribution in [3.8, 4) is 5.75 Å². The summed E-state index contributed by atoms with van der Waals surface area (Å²) in [5, 5.41) is 0.706. The van der Waals surface area contributed by atoms with Gasteiger partial charge in [0.2, 0.25) is 0 Å². The molecule has 0 saturated carbocycles. The van der Waals surface area contributed by atoms with E-state index >= 15 is 0 Å². The third-order valence-electron chi connectivity index (χ3n) is 5.07. The number of carbonyl (C=O) groups excluding carboxylic acids is 1. The number of hydrogen-bond acceptors (Lipinski definition) is 6. The number of fused-ring (bicyclic) bond motifs is 1. The lowest BCUT2D eigenvalue weighted by Gasteiger charge is -2.23. The number of hydrogen-bond donors (Lipinski definition) is 0. The summed E-state index contributed by atoms with van der Waals surface area (Å²) in [7, 11) is 5.65. The number of carbonyl (C=O) groups is 1. The van der Waals surface area contributed by atoms with E-state index in [1.807, 2.05) is 56.6 Å². The average molecular weight is 427 g/mol. The predicted octanol–water partition coefficient (Wildman–Crippen LogP) is 4.36. The van der Waals surface area contributed by atoms with Crippen molar-refractivity contribution in [1.82, 2.24) is 9.88 Å². The highest BCUT2D eigenvalue weighted by atomic mass is 32.1. The normalized spacial score (nSPS) is 11.1. The van der Waals surface area contributed by atoms with Crippen molar-refractivity contribution in [3.05, 3.63) is 48.0 Å². The van der Waals surface area contributed by atoms with Crippen LogP contribution in [0.1, 0.15) is 24.2 Å². The lowest BCUT2D eigenvalue weighted by Crippen LogP contribution is -2.36. The van der Waals surface area contributed by atoms with Gasteiger partial charge in [-0.25, -0.2) is 4.98 Å². The maximum Gasteiger partial charge on any atom is 0.260 e. The first-order valence-corrected chi connectivity index (χ1v) is 11.0. The van der Waals surface area contributed by atoms with E-state index < -0.39 is 0 Å². The number of rotatable bonds is 9. The molecule has 7 heteroatoms. The lowest BCUT2D eigenvalue weighted by molar-refractivity contribution is 0.0985. The van der Waals surface area contributed by atoms with Crippen molar-refractivity contribution in [3.63, 3.8) is 0 Å². The molecule has 3 rings (SSSR count). The number of nitrogens with zero attached hydrogens (tertiary/aromatic N) is 4. The fourth-order valence-electron chi connectivity index (χ4n) is 3.28. The molecule has 2 aromatic carbocycles. The van der Waals surface area contributed by atoms with Crippen molar-refractivity contribution in [1.29, 1.82) is 0 Å². The number of anilines is 2. The van der Waals surface area contributed by atoms with Crippen LogP contribution in [0.2, 0.25) is 0 Å². The van der Waals surface area contributed by atoms with Gasteiger partial charge < -0.3 is 14.5 Å². The van der Waals surface area contributed by atoms with Gasteiger partial charge in [-0.15, -0.1) is 0 Å². The summed E-state index contributed by atoms with van der Waals surface area (Å²) in [6, 6.07) is 13.7. The van der Waals surface area contributed by atoms with Gasteiger partial charge in [-0.3, -0.25) is 9.69 Å². The van der Waals surface area contributed by atoms with E-state index in [1.165, 1.54) is 11.3 Å². The molecule has 0 aliphatic rings. The number of ether oxygens (including phenoxy) is 1. The average Bonchev–Trinajstić information content (AvgIpc) is 3.17. The van der Waals surface area contributed by atoms with Gasteiger partial charge in [-0.05, 0) is 64.3 Å². The van der Waals surface area contributed by atoms with Crippen molar-refractivity contribution >= 4 is 38.3 Å². The molecule has 6 nitrogen and oxygen atoms in total. The standard InChI is InChI=1S/C23H30N4O2S/c1-6-26(7-2)18-10-8-17(9-11-18)22(28)27(15-14-25(3)4)23-24-20-16-19(29-5)12-13-21(20)30-23/h8-13,16H,6-7,14-15H2,1-5H3. The molecule has 1 aromatic heterocycles. The molecule has 0 fully saturated rings. The Morgan fingerprint density at radius 2 is 1.73 bits per heavy atom. The Labute approximate surface area is 182 Å². The van der Waals surface area contributed by atoms with Crippen LogP contribution in [0.5, 0.6) is 5.75 Å². The molecule has 30 heavy (non-hydrogen) atoms. The second kappa shape index (κ2) is 9.91. The lowest BCUT2D eigenvalue weighted by atomic mass is 10.1. The zero-order valence-corrected chi connectivity index (χ0v) is 19.2. The number of thiazole rings is 1. The number of aromatic nitrogens is 1. The van der Waals surface area contributed by atoms with Gasteiger partial charge in [0, 0.05) is 43.5 Å². The number of benzene rings is 2. The molecule has 1 amide bonds. The summed E-state index contributed by atoms with van der Waals surface area (Å²) >= 11 is 1.53. The Kier molecular flexibility index (Phi) is 7.29. The van der Waals surface area contributed by atoms with E-state index in [9.17, 15) is 4.79 Å². The van der Waals surface area contributed by atoms with Gasteiger partial charge in [-0.1, -0.05) is 11.3 Å². The van der Waals surface area contributed by atoms with Gasteiger partial charge in [0.1, 0.15) is 5.75 Å². The second-order valence-corrected chi connectivity index (χ2v) is 8.32. The number of methoxy groups -OCH3 is 1. The zero-order chi connectivity index (χ0) is 21.7. The van der Waals surface area contributed by atoms with Crippen molar-refractivity contribution < 1.29 is 9.53 Å². The molecule has 0 aliphatic carbocycles. The molecule has 0 N–H and O–H groups in total. The summed E-state index contributed by atoms with van der Waals surface area (Å²) in [6.07, 6.45) is 0. The molecule has 0 spiro atoms. The largest absolute Gasteiger partial charge is 0.497 e. The summed E-state index contributed by atoms with van der Waals surface area (Å²) in [5.74, 6) is 0.728. The predicted molar refractivity (Wildman–Crippen MR) is 126 cm³/mol. The molecule has 0 saturated heterocycles. The number of amides is 1.